The van der Waals surface area contributed by atoms with Gasteiger partial charge < -0.3 is 16.0 Å². The van der Waals surface area contributed by atoms with Crippen molar-refractivity contribution < 1.29 is 18.0 Å². The van der Waals surface area contributed by atoms with Crippen molar-refractivity contribution in [1.82, 2.24) is 5.32 Å². The molecule has 7 nitrogen and oxygen atoms in total. The van der Waals surface area contributed by atoms with Crippen molar-refractivity contribution >= 4 is 44.8 Å². The van der Waals surface area contributed by atoms with Gasteiger partial charge in [-0.2, -0.15) is 0 Å². The summed E-state index contributed by atoms with van der Waals surface area (Å²) in [5.41, 5.74) is 0.895. The first-order valence-corrected chi connectivity index (χ1v) is 11.6. The van der Waals surface area contributed by atoms with Gasteiger partial charge in [0.2, 0.25) is 5.91 Å². The van der Waals surface area contributed by atoms with E-state index in [1.807, 2.05) is 0 Å². The number of hydrogen-bond acceptors (Lipinski definition) is 4. The highest BCUT2D eigenvalue weighted by atomic mass is 35.5. The van der Waals surface area contributed by atoms with Crippen LogP contribution >= 0.6 is 11.6 Å². The standard InChI is InChI=1S/C21H24ClN3O4S/c1-2-23-20(27)25-17-7-5-6-16(14-17)24-19(26)21(12-3-4-13-21)30(28,29)18-10-8-15(22)9-11-18/h5-11,14H,2-4,12-13H2,1H3,(H,24,26)(H2,23,25,27). The van der Waals surface area contributed by atoms with Crippen LogP contribution in [0.3, 0.4) is 0 Å². The normalized spacial score (nSPS) is 15.4. The number of hydrogen-bond donors (Lipinski definition) is 3. The van der Waals surface area contributed by atoms with Crippen LogP contribution in [0.5, 0.6) is 0 Å². The lowest BCUT2D eigenvalue weighted by molar-refractivity contribution is -0.118. The van der Waals surface area contributed by atoms with E-state index in [1.165, 1.54) is 24.3 Å². The van der Waals surface area contributed by atoms with E-state index in [4.69, 9.17) is 11.6 Å². The van der Waals surface area contributed by atoms with E-state index in [0.29, 0.717) is 35.8 Å². The van der Waals surface area contributed by atoms with Gasteiger partial charge >= 0.3 is 6.03 Å². The molecule has 3 amide bonds. The Balaban J connectivity index is 1.86. The van der Waals surface area contributed by atoms with Crippen molar-refractivity contribution in [1.29, 1.82) is 0 Å². The molecule has 0 aliphatic heterocycles. The van der Waals surface area contributed by atoms with Crippen LogP contribution in [0.4, 0.5) is 16.2 Å². The van der Waals surface area contributed by atoms with Crippen molar-refractivity contribution in [2.75, 3.05) is 17.2 Å². The molecule has 9 heteroatoms. The third kappa shape index (κ3) is 4.44. The molecule has 0 bridgehead atoms. The van der Waals surface area contributed by atoms with E-state index >= 15 is 0 Å². The van der Waals surface area contributed by atoms with Crippen LogP contribution in [0.2, 0.25) is 5.02 Å². The zero-order valence-corrected chi connectivity index (χ0v) is 18.1. The fraction of sp³-hybridized carbons (Fsp3) is 0.333. The van der Waals surface area contributed by atoms with Crippen molar-refractivity contribution in [3.63, 3.8) is 0 Å². The Hall–Kier alpha value is -2.58. The van der Waals surface area contributed by atoms with Gasteiger partial charge in [0.15, 0.2) is 14.6 Å². The summed E-state index contributed by atoms with van der Waals surface area (Å²) in [4.78, 5) is 25.0. The average molecular weight is 450 g/mol. The van der Waals surface area contributed by atoms with Crippen LogP contribution in [0.15, 0.2) is 53.4 Å². The number of carbonyl (C=O) groups is 2. The second kappa shape index (κ2) is 9.06. The monoisotopic (exact) mass is 449 g/mol. The van der Waals surface area contributed by atoms with Crippen LogP contribution in [0.1, 0.15) is 32.6 Å². The van der Waals surface area contributed by atoms with Crippen LogP contribution in [-0.4, -0.2) is 31.6 Å². The molecule has 2 aromatic carbocycles. The molecular weight excluding hydrogens is 426 g/mol. The van der Waals surface area contributed by atoms with Crippen LogP contribution in [0.25, 0.3) is 0 Å². The van der Waals surface area contributed by atoms with Gasteiger partial charge in [0.05, 0.1) is 4.90 Å². The number of urea groups is 1. The second-order valence-corrected chi connectivity index (χ2v) is 9.87. The fourth-order valence-corrected chi connectivity index (χ4v) is 5.85. The molecule has 0 spiro atoms. The summed E-state index contributed by atoms with van der Waals surface area (Å²) in [6, 6.07) is 12.1. The minimum Gasteiger partial charge on any atom is -0.338 e. The SMILES string of the molecule is CCNC(=O)Nc1cccc(NC(=O)C2(S(=O)(=O)c3ccc(Cl)cc3)CCCC2)c1. The van der Waals surface area contributed by atoms with Gasteiger partial charge in [0.1, 0.15) is 0 Å². The maximum absolute atomic E-state index is 13.4. The van der Waals surface area contributed by atoms with E-state index < -0.39 is 20.5 Å². The minimum atomic E-state index is -3.92. The summed E-state index contributed by atoms with van der Waals surface area (Å²) >= 11 is 5.89. The van der Waals surface area contributed by atoms with E-state index in [9.17, 15) is 18.0 Å². The lowest BCUT2D eigenvalue weighted by Gasteiger charge is -2.27. The molecule has 0 unspecified atom stereocenters. The maximum atomic E-state index is 13.4. The van der Waals surface area contributed by atoms with Crippen LogP contribution < -0.4 is 16.0 Å². The van der Waals surface area contributed by atoms with Gasteiger partial charge in [0.25, 0.3) is 0 Å². The Morgan fingerprint density at radius 3 is 2.20 bits per heavy atom. The Morgan fingerprint density at radius 2 is 1.60 bits per heavy atom. The number of sulfone groups is 1. The quantitative estimate of drug-likeness (QED) is 0.614. The lowest BCUT2D eigenvalue weighted by atomic mass is 10.1. The summed E-state index contributed by atoms with van der Waals surface area (Å²) in [7, 11) is -3.92. The van der Waals surface area contributed by atoms with Gasteiger partial charge in [-0.3, -0.25) is 4.79 Å². The van der Waals surface area contributed by atoms with E-state index in [0.717, 1.165) is 0 Å². The molecule has 30 heavy (non-hydrogen) atoms. The molecular formula is C21H24ClN3O4S. The molecule has 0 atom stereocenters. The van der Waals surface area contributed by atoms with Crippen molar-refractivity contribution in [3.05, 3.63) is 53.6 Å². The number of anilines is 2. The third-order valence-corrected chi connectivity index (χ3v) is 7.95. The molecule has 160 valence electrons. The highest BCUT2D eigenvalue weighted by Gasteiger charge is 2.52. The number of nitrogens with one attached hydrogen (secondary N) is 3. The molecule has 1 aliphatic rings. The molecule has 1 aliphatic carbocycles. The summed E-state index contributed by atoms with van der Waals surface area (Å²) in [6.07, 6.45) is 1.80. The number of halogens is 1. The minimum absolute atomic E-state index is 0.0793. The summed E-state index contributed by atoms with van der Waals surface area (Å²) in [5.74, 6) is -0.565. The number of rotatable bonds is 6. The van der Waals surface area contributed by atoms with Gasteiger partial charge in [-0.1, -0.05) is 30.5 Å². The first-order chi connectivity index (χ1) is 14.3. The molecule has 0 saturated heterocycles. The molecule has 2 aromatic rings. The van der Waals surface area contributed by atoms with Crippen molar-refractivity contribution in [2.45, 2.75) is 42.2 Å². The van der Waals surface area contributed by atoms with Crippen LogP contribution in [0, 0.1) is 0 Å². The number of carbonyl (C=O) groups excluding carboxylic acids is 2. The van der Waals surface area contributed by atoms with E-state index in [-0.39, 0.29) is 23.8 Å². The molecule has 1 fully saturated rings. The lowest BCUT2D eigenvalue weighted by Crippen LogP contribution is -2.47. The molecule has 3 rings (SSSR count). The van der Waals surface area contributed by atoms with Crippen molar-refractivity contribution in [2.24, 2.45) is 0 Å². The third-order valence-electron chi connectivity index (χ3n) is 5.18. The molecule has 0 radical (unpaired) electrons. The Kier molecular flexibility index (Phi) is 6.67. The second-order valence-electron chi connectivity index (χ2n) is 7.18. The van der Waals surface area contributed by atoms with E-state index in [2.05, 4.69) is 16.0 Å². The Morgan fingerprint density at radius 1 is 1.00 bits per heavy atom. The zero-order chi connectivity index (χ0) is 21.8. The molecule has 0 heterocycles. The molecule has 0 aromatic heterocycles. The van der Waals surface area contributed by atoms with Gasteiger partial charge in [-0.25, -0.2) is 13.2 Å². The summed E-state index contributed by atoms with van der Waals surface area (Å²) in [5, 5.41) is 8.45. The summed E-state index contributed by atoms with van der Waals surface area (Å²) in [6.45, 7) is 2.28. The maximum Gasteiger partial charge on any atom is 0.319 e. The smallest absolute Gasteiger partial charge is 0.319 e. The topological polar surface area (TPSA) is 104 Å². The zero-order valence-electron chi connectivity index (χ0n) is 16.6. The average Bonchev–Trinajstić information content (AvgIpc) is 3.21. The van der Waals surface area contributed by atoms with Crippen molar-refractivity contribution in [3.8, 4) is 0 Å². The highest BCUT2D eigenvalue weighted by Crippen LogP contribution is 2.41. The van der Waals surface area contributed by atoms with Gasteiger partial charge in [0, 0.05) is 22.9 Å². The molecule has 1 saturated carbocycles. The predicted octanol–water partition coefficient (Wildman–Crippen LogP) is 4.21. The predicted molar refractivity (Wildman–Crippen MR) is 118 cm³/mol. The largest absolute Gasteiger partial charge is 0.338 e. The van der Waals surface area contributed by atoms with Gasteiger partial charge in [-0.15, -0.1) is 0 Å². The van der Waals surface area contributed by atoms with E-state index in [1.54, 1.807) is 31.2 Å². The first kappa shape index (κ1) is 22.1. The fourth-order valence-electron chi connectivity index (χ4n) is 3.66. The Bertz CT molecular complexity index is 1030. The Labute approximate surface area is 181 Å². The number of amides is 3. The van der Waals surface area contributed by atoms with Crippen LogP contribution in [-0.2, 0) is 14.6 Å². The summed E-state index contributed by atoms with van der Waals surface area (Å²) < 4.78 is 25.3. The first-order valence-electron chi connectivity index (χ1n) is 9.75. The molecule has 3 N–H and O–H groups in total. The highest BCUT2D eigenvalue weighted by molar-refractivity contribution is 7.93. The van der Waals surface area contributed by atoms with Gasteiger partial charge in [-0.05, 0) is 62.2 Å². The number of benzene rings is 2.